The molecular formula is C13H9NO4. The Kier molecular flexibility index (Phi) is 3.02. The van der Waals surface area contributed by atoms with Crippen molar-refractivity contribution in [2.24, 2.45) is 0 Å². The lowest BCUT2D eigenvalue weighted by molar-refractivity contribution is -0.133. The lowest BCUT2D eigenvalue weighted by atomic mass is 10.1. The van der Waals surface area contributed by atoms with Gasteiger partial charge in [0, 0.05) is 28.6 Å². The number of nitrogens with one attached hydrogen (secondary N) is 1. The molecule has 1 heterocycles. The van der Waals surface area contributed by atoms with Gasteiger partial charge in [-0.25, -0.2) is 9.59 Å². The number of benzene rings is 1. The summed E-state index contributed by atoms with van der Waals surface area (Å²) in [5.74, 6) is 3.25. The highest BCUT2D eigenvalue weighted by Gasteiger charge is 2.10. The molecule has 1 aromatic heterocycles. The number of H-pyrrole nitrogens is 1. The van der Waals surface area contributed by atoms with E-state index in [1.807, 2.05) is 0 Å². The predicted octanol–water partition coefficient (Wildman–Crippen LogP) is 1.39. The van der Waals surface area contributed by atoms with E-state index in [2.05, 4.69) is 21.6 Å². The van der Waals surface area contributed by atoms with E-state index < -0.39 is 11.9 Å². The van der Waals surface area contributed by atoms with Gasteiger partial charge >= 0.3 is 11.9 Å². The number of carboxylic acid groups (broad SMARTS) is 1. The molecule has 5 heteroatoms. The van der Waals surface area contributed by atoms with Gasteiger partial charge in [0.05, 0.1) is 12.7 Å². The second-order valence-electron chi connectivity index (χ2n) is 3.51. The summed E-state index contributed by atoms with van der Waals surface area (Å²) in [6, 6.07) is 5.02. The van der Waals surface area contributed by atoms with Gasteiger partial charge in [-0.15, -0.1) is 0 Å². The highest BCUT2D eigenvalue weighted by atomic mass is 16.5. The molecule has 0 bridgehead atoms. The lowest BCUT2D eigenvalue weighted by Crippen LogP contribution is -1.95. The summed E-state index contributed by atoms with van der Waals surface area (Å²) in [6.45, 7) is 0. The molecule has 2 aromatic rings. The molecule has 0 fully saturated rings. The second kappa shape index (κ2) is 4.63. The Bertz CT molecular complexity index is 688. The van der Waals surface area contributed by atoms with Gasteiger partial charge in [0.15, 0.2) is 0 Å². The standard InChI is InChI=1S/C13H9NO4/c1-18-12(15)5-3-8-2-4-11-9(6-8)10(7-14-11)13(16)17/h2,4,6-7,14H,1H3,(H,16,17). The fourth-order valence-corrected chi connectivity index (χ4v) is 1.55. The Hall–Kier alpha value is -2.74. The summed E-state index contributed by atoms with van der Waals surface area (Å²) in [4.78, 5) is 24.7. The first-order valence-electron chi connectivity index (χ1n) is 5.06. The number of hydrogen-bond acceptors (Lipinski definition) is 3. The lowest BCUT2D eigenvalue weighted by Gasteiger charge is -1.94. The van der Waals surface area contributed by atoms with E-state index in [1.165, 1.54) is 13.3 Å². The van der Waals surface area contributed by atoms with E-state index in [9.17, 15) is 9.59 Å². The molecular weight excluding hydrogens is 234 g/mol. The van der Waals surface area contributed by atoms with Crippen LogP contribution in [0.5, 0.6) is 0 Å². The van der Waals surface area contributed by atoms with Crippen molar-refractivity contribution in [3.05, 3.63) is 35.5 Å². The van der Waals surface area contributed by atoms with Crippen LogP contribution in [0.1, 0.15) is 15.9 Å². The van der Waals surface area contributed by atoms with Crippen LogP contribution in [0.2, 0.25) is 0 Å². The third-order valence-electron chi connectivity index (χ3n) is 2.41. The number of aromatic nitrogens is 1. The summed E-state index contributed by atoms with van der Waals surface area (Å²) >= 11 is 0. The van der Waals surface area contributed by atoms with Crippen LogP contribution in [0.4, 0.5) is 0 Å². The predicted molar refractivity (Wildman–Crippen MR) is 64.2 cm³/mol. The van der Waals surface area contributed by atoms with Gasteiger partial charge in [0.2, 0.25) is 0 Å². The molecule has 0 spiro atoms. The van der Waals surface area contributed by atoms with Crippen LogP contribution in [0.3, 0.4) is 0 Å². The first-order chi connectivity index (χ1) is 8.61. The molecule has 0 saturated carbocycles. The number of carbonyl (C=O) groups is 2. The van der Waals surface area contributed by atoms with Crippen molar-refractivity contribution < 1.29 is 19.4 Å². The number of esters is 1. The Morgan fingerprint density at radius 1 is 1.39 bits per heavy atom. The molecule has 0 aliphatic carbocycles. The van der Waals surface area contributed by atoms with Crippen molar-refractivity contribution >= 4 is 22.8 Å². The zero-order valence-corrected chi connectivity index (χ0v) is 9.48. The minimum absolute atomic E-state index is 0.173. The summed E-state index contributed by atoms with van der Waals surface area (Å²) in [6.07, 6.45) is 1.42. The average Bonchev–Trinajstić information content (AvgIpc) is 2.78. The zero-order valence-electron chi connectivity index (χ0n) is 9.48. The largest absolute Gasteiger partial charge is 0.478 e. The Morgan fingerprint density at radius 2 is 2.17 bits per heavy atom. The number of hydrogen-bond donors (Lipinski definition) is 2. The van der Waals surface area contributed by atoms with Gasteiger partial charge in [0.1, 0.15) is 0 Å². The monoisotopic (exact) mass is 243 g/mol. The van der Waals surface area contributed by atoms with E-state index in [0.717, 1.165) is 0 Å². The smallest absolute Gasteiger partial charge is 0.384 e. The number of carbonyl (C=O) groups excluding carboxylic acids is 1. The number of fused-ring (bicyclic) bond motifs is 1. The van der Waals surface area contributed by atoms with Crippen LogP contribution in [0.15, 0.2) is 24.4 Å². The number of aromatic amines is 1. The van der Waals surface area contributed by atoms with Crippen molar-refractivity contribution in [2.45, 2.75) is 0 Å². The van der Waals surface area contributed by atoms with Crippen LogP contribution in [0.25, 0.3) is 10.9 Å². The van der Waals surface area contributed by atoms with Gasteiger partial charge in [-0.05, 0) is 18.2 Å². The summed E-state index contributed by atoms with van der Waals surface area (Å²) in [5.41, 5.74) is 1.43. The summed E-state index contributed by atoms with van der Waals surface area (Å²) < 4.78 is 4.39. The van der Waals surface area contributed by atoms with Crippen LogP contribution in [0, 0.1) is 11.8 Å². The van der Waals surface area contributed by atoms with E-state index in [4.69, 9.17) is 5.11 Å². The van der Waals surface area contributed by atoms with Crippen molar-refractivity contribution in [3.8, 4) is 11.8 Å². The Labute approximate surface area is 102 Å². The van der Waals surface area contributed by atoms with E-state index in [1.54, 1.807) is 18.2 Å². The fourth-order valence-electron chi connectivity index (χ4n) is 1.55. The Morgan fingerprint density at radius 3 is 2.83 bits per heavy atom. The topological polar surface area (TPSA) is 79.4 Å². The van der Waals surface area contributed by atoms with Crippen LogP contribution < -0.4 is 0 Å². The normalized spacial score (nSPS) is 9.61. The number of carboxylic acids is 1. The maximum atomic E-state index is 11.0. The molecule has 1 aromatic carbocycles. The fraction of sp³-hybridized carbons (Fsp3) is 0.0769. The molecule has 2 rings (SSSR count). The first kappa shape index (κ1) is 11.7. The van der Waals surface area contributed by atoms with E-state index in [-0.39, 0.29) is 5.56 Å². The zero-order chi connectivity index (χ0) is 13.1. The van der Waals surface area contributed by atoms with Gasteiger partial charge in [-0.1, -0.05) is 5.92 Å². The minimum atomic E-state index is -1.01. The molecule has 0 radical (unpaired) electrons. The van der Waals surface area contributed by atoms with Crippen molar-refractivity contribution in [1.82, 2.24) is 4.98 Å². The van der Waals surface area contributed by atoms with E-state index in [0.29, 0.717) is 16.5 Å². The molecule has 5 nitrogen and oxygen atoms in total. The molecule has 0 aliphatic rings. The summed E-state index contributed by atoms with van der Waals surface area (Å²) in [5, 5.41) is 9.54. The molecule has 90 valence electrons. The molecule has 0 saturated heterocycles. The number of methoxy groups -OCH3 is 1. The van der Waals surface area contributed by atoms with Crippen molar-refractivity contribution in [2.75, 3.05) is 7.11 Å². The van der Waals surface area contributed by atoms with Gasteiger partial charge in [-0.2, -0.15) is 0 Å². The average molecular weight is 243 g/mol. The number of rotatable bonds is 1. The molecule has 0 amide bonds. The minimum Gasteiger partial charge on any atom is -0.478 e. The number of aromatic carboxylic acids is 1. The molecule has 0 atom stereocenters. The van der Waals surface area contributed by atoms with Crippen molar-refractivity contribution in [1.29, 1.82) is 0 Å². The first-order valence-corrected chi connectivity index (χ1v) is 5.06. The highest BCUT2D eigenvalue weighted by molar-refractivity contribution is 6.03. The SMILES string of the molecule is COC(=O)C#Cc1ccc2[nH]cc(C(=O)O)c2c1. The Balaban J connectivity index is 2.48. The second-order valence-corrected chi connectivity index (χ2v) is 3.51. The van der Waals surface area contributed by atoms with Crippen LogP contribution in [-0.4, -0.2) is 29.1 Å². The molecule has 0 aliphatic heterocycles. The summed E-state index contributed by atoms with van der Waals surface area (Å²) in [7, 11) is 1.24. The van der Waals surface area contributed by atoms with Gasteiger partial charge in [-0.3, -0.25) is 0 Å². The molecule has 18 heavy (non-hydrogen) atoms. The maximum absolute atomic E-state index is 11.0. The van der Waals surface area contributed by atoms with Gasteiger partial charge in [0.25, 0.3) is 0 Å². The maximum Gasteiger partial charge on any atom is 0.384 e. The van der Waals surface area contributed by atoms with Gasteiger partial charge < -0.3 is 14.8 Å². The highest BCUT2D eigenvalue weighted by Crippen LogP contribution is 2.19. The van der Waals surface area contributed by atoms with E-state index >= 15 is 0 Å². The molecule has 0 unspecified atom stereocenters. The van der Waals surface area contributed by atoms with Crippen molar-refractivity contribution in [3.63, 3.8) is 0 Å². The quantitative estimate of drug-likeness (QED) is 0.586. The third-order valence-corrected chi connectivity index (χ3v) is 2.41. The number of ether oxygens (including phenoxy) is 1. The molecule has 2 N–H and O–H groups in total. The van der Waals surface area contributed by atoms with Crippen LogP contribution in [-0.2, 0) is 9.53 Å². The third kappa shape index (κ3) is 2.18. The van der Waals surface area contributed by atoms with Crippen LogP contribution >= 0.6 is 0 Å².